The fourth-order valence-corrected chi connectivity index (χ4v) is 3.57. The van der Waals surface area contributed by atoms with Crippen molar-refractivity contribution in [1.82, 2.24) is 4.90 Å². The highest BCUT2D eigenvalue weighted by Crippen LogP contribution is 2.41. The zero-order valence-corrected chi connectivity index (χ0v) is 13.3. The lowest BCUT2D eigenvalue weighted by molar-refractivity contribution is -0.145. The number of rotatable bonds is 2. The number of carbonyl (C=O) groups excluding carboxylic acids is 1. The number of alkyl halides is 3. The molecule has 4 atom stereocenters. The third kappa shape index (κ3) is 3.15. The van der Waals surface area contributed by atoms with E-state index in [0.29, 0.717) is 6.61 Å². The summed E-state index contributed by atoms with van der Waals surface area (Å²) in [4.78, 5) is 14.1. The molecular formula is C17H20F3NO3. The number of ether oxygens (including phenoxy) is 1. The van der Waals surface area contributed by atoms with Gasteiger partial charge in [-0.05, 0) is 30.4 Å². The molecule has 132 valence electrons. The zero-order chi connectivity index (χ0) is 17.5. The summed E-state index contributed by atoms with van der Waals surface area (Å²) < 4.78 is 45.4. The average Bonchev–Trinajstić information content (AvgIpc) is 3.11. The first kappa shape index (κ1) is 17.2. The second-order valence-corrected chi connectivity index (χ2v) is 6.54. The van der Waals surface area contributed by atoms with Crippen LogP contribution in [0, 0.1) is 5.92 Å². The van der Waals surface area contributed by atoms with Gasteiger partial charge in [-0.3, -0.25) is 4.79 Å². The van der Waals surface area contributed by atoms with Gasteiger partial charge >= 0.3 is 6.18 Å². The van der Waals surface area contributed by atoms with Crippen molar-refractivity contribution in [3.8, 4) is 0 Å². The van der Waals surface area contributed by atoms with Crippen LogP contribution in [0.5, 0.6) is 0 Å². The summed E-state index contributed by atoms with van der Waals surface area (Å²) in [6.45, 7) is 2.39. The molecule has 24 heavy (non-hydrogen) atoms. The van der Waals surface area contributed by atoms with Crippen LogP contribution in [0.4, 0.5) is 13.2 Å². The highest BCUT2D eigenvalue weighted by Gasteiger charge is 2.44. The summed E-state index contributed by atoms with van der Waals surface area (Å²) in [6.07, 6.45) is -5.14. The smallest absolute Gasteiger partial charge is 0.391 e. The first-order chi connectivity index (χ1) is 11.3. The van der Waals surface area contributed by atoms with Crippen molar-refractivity contribution in [2.24, 2.45) is 5.92 Å². The lowest BCUT2D eigenvalue weighted by Crippen LogP contribution is -2.41. The average molecular weight is 343 g/mol. The molecule has 2 fully saturated rings. The molecular weight excluding hydrogens is 323 g/mol. The van der Waals surface area contributed by atoms with Crippen molar-refractivity contribution >= 4 is 5.91 Å². The van der Waals surface area contributed by atoms with Crippen LogP contribution < -0.4 is 0 Å². The lowest BCUT2D eigenvalue weighted by atomic mass is 9.96. The van der Waals surface area contributed by atoms with Gasteiger partial charge in [0, 0.05) is 13.2 Å². The molecule has 0 saturated carbocycles. The summed E-state index contributed by atoms with van der Waals surface area (Å²) in [5.41, 5.74) is -0.733. The van der Waals surface area contributed by atoms with E-state index in [1.165, 1.54) is 23.1 Å². The van der Waals surface area contributed by atoms with Gasteiger partial charge in [-0.1, -0.05) is 25.1 Å². The summed E-state index contributed by atoms with van der Waals surface area (Å²) in [7, 11) is 0. The SMILES string of the molecule is C[C@@H]1CCO[C@@H]1C(=O)N1C[C@H](O)C[C@H]1c1ccccc1C(F)(F)F. The molecule has 0 spiro atoms. The van der Waals surface area contributed by atoms with Crippen molar-refractivity contribution in [2.75, 3.05) is 13.2 Å². The molecule has 2 heterocycles. The van der Waals surface area contributed by atoms with Gasteiger partial charge in [-0.25, -0.2) is 0 Å². The van der Waals surface area contributed by atoms with E-state index in [0.717, 1.165) is 12.5 Å². The quantitative estimate of drug-likeness (QED) is 0.898. The summed E-state index contributed by atoms with van der Waals surface area (Å²) in [6, 6.07) is 4.45. The number of hydrogen-bond donors (Lipinski definition) is 1. The topological polar surface area (TPSA) is 49.8 Å². The second kappa shape index (κ2) is 6.37. The summed E-state index contributed by atoms with van der Waals surface area (Å²) in [5.74, 6) is -0.313. The van der Waals surface area contributed by atoms with Gasteiger partial charge in [0.2, 0.25) is 0 Å². The van der Waals surface area contributed by atoms with Gasteiger partial charge < -0.3 is 14.7 Å². The molecule has 0 unspecified atom stereocenters. The number of β-amino-alcohol motifs (C(OH)–C–C–N with tert-alkyl or cyclic N) is 1. The van der Waals surface area contributed by atoms with Crippen LogP contribution in [0.25, 0.3) is 0 Å². The van der Waals surface area contributed by atoms with Crippen LogP contribution in [0.1, 0.15) is 36.9 Å². The maximum absolute atomic E-state index is 13.3. The molecule has 3 rings (SSSR count). The highest BCUT2D eigenvalue weighted by molar-refractivity contribution is 5.82. The number of likely N-dealkylation sites (tertiary alicyclic amines) is 1. The van der Waals surface area contributed by atoms with E-state index in [-0.39, 0.29) is 30.4 Å². The maximum atomic E-state index is 13.3. The molecule has 1 amide bonds. The van der Waals surface area contributed by atoms with E-state index in [1.54, 1.807) is 0 Å². The van der Waals surface area contributed by atoms with E-state index in [1.807, 2.05) is 6.92 Å². The van der Waals surface area contributed by atoms with Gasteiger partial charge in [-0.2, -0.15) is 13.2 Å². The first-order valence-electron chi connectivity index (χ1n) is 8.05. The second-order valence-electron chi connectivity index (χ2n) is 6.54. The number of aliphatic hydroxyl groups excluding tert-OH is 1. The molecule has 4 nitrogen and oxygen atoms in total. The number of hydrogen-bond acceptors (Lipinski definition) is 3. The molecule has 0 aliphatic carbocycles. The molecule has 1 N–H and O–H groups in total. The molecule has 0 radical (unpaired) electrons. The van der Waals surface area contributed by atoms with E-state index >= 15 is 0 Å². The van der Waals surface area contributed by atoms with Gasteiger partial charge in [-0.15, -0.1) is 0 Å². The first-order valence-corrected chi connectivity index (χ1v) is 8.05. The molecule has 2 aliphatic heterocycles. The third-order valence-corrected chi connectivity index (χ3v) is 4.82. The maximum Gasteiger partial charge on any atom is 0.416 e. The van der Waals surface area contributed by atoms with E-state index < -0.39 is 30.0 Å². The van der Waals surface area contributed by atoms with Gasteiger partial charge in [0.25, 0.3) is 5.91 Å². The Bertz CT molecular complexity index is 619. The molecule has 1 aromatic carbocycles. The van der Waals surface area contributed by atoms with E-state index in [4.69, 9.17) is 4.74 Å². The van der Waals surface area contributed by atoms with Crippen molar-refractivity contribution in [3.05, 3.63) is 35.4 Å². The van der Waals surface area contributed by atoms with Crippen LogP contribution >= 0.6 is 0 Å². The number of aliphatic hydroxyl groups is 1. The van der Waals surface area contributed by atoms with Gasteiger partial charge in [0.15, 0.2) is 0 Å². The Morgan fingerprint density at radius 3 is 2.67 bits per heavy atom. The molecule has 1 aromatic rings. The lowest BCUT2D eigenvalue weighted by Gasteiger charge is -2.29. The predicted molar refractivity (Wildman–Crippen MR) is 80.0 cm³/mol. The number of amides is 1. The predicted octanol–water partition coefficient (Wildman–Crippen LogP) is 2.76. The van der Waals surface area contributed by atoms with Crippen molar-refractivity contribution in [3.63, 3.8) is 0 Å². The minimum absolute atomic E-state index is 0.0220. The largest absolute Gasteiger partial charge is 0.416 e. The van der Waals surface area contributed by atoms with Crippen LogP contribution in [0.2, 0.25) is 0 Å². The Balaban J connectivity index is 1.93. The molecule has 0 bridgehead atoms. The minimum atomic E-state index is -4.50. The van der Waals surface area contributed by atoms with Crippen molar-refractivity contribution < 1.29 is 27.8 Å². The van der Waals surface area contributed by atoms with E-state index in [9.17, 15) is 23.1 Å². The third-order valence-electron chi connectivity index (χ3n) is 4.82. The summed E-state index contributed by atoms with van der Waals surface area (Å²) in [5, 5.41) is 9.97. The van der Waals surface area contributed by atoms with Crippen LogP contribution in [-0.2, 0) is 15.7 Å². The van der Waals surface area contributed by atoms with Crippen LogP contribution in [-0.4, -0.2) is 41.3 Å². The van der Waals surface area contributed by atoms with Crippen LogP contribution in [0.3, 0.4) is 0 Å². The van der Waals surface area contributed by atoms with Gasteiger partial charge in [0.05, 0.1) is 17.7 Å². The Hall–Kier alpha value is -1.60. The molecule has 2 aliphatic rings. The fourth-order valence-electron chi connectivity index (χ4n) is 3.57. The van der Waals surface area contributed by atoms with Crippen molar-refractivity contribution in [2.45, 2.75) is 44.2 Å². The summed E-state index contributed by atoms with van der Waals surface area (Å²) >= 11 is 0. The van der Waals surface area contributed by atoms with Crippen molar-refractivity contribution in [1.29, 1.82) is 0 Å². The van der Waals surface area contributed by atoms with Crippen LogP contribution in [0.15, 0.2) is 24.3 Å². The Labute approximate surface area is 138 Å². The number of carbonyl (C=O) groups is 1. The Morgan fingerprint density at radius 1 is 1.33 bits per heavy atom. The number of nitrogens with zero attached hydrogens (tertiary/aromatic N) is 1. The Morgan fingerprint density at radius 2 is 2.04 bits per heavy atom. The molecule has 0 aromatic heterocycles. The Kier molecular flexibility index (Phi) is 4.57. The van der Waals surface area contributed by atoms with Gasteiger partial charge in [0.1, 0.15) is 6.10 Å². The normalized spacial score (nSPS) is 30.8. The van der Waals surface area contributed by atoms with E-state index in [2.05, 4.69) is 0 Å². The standard InChI is InChI=1S/C17H20F3NO3/c1-10-6-7-24-15(10)16(23)21-9-11(22)8-14(21)12-4-2-3-5-13(12)17(18,19)20/h2-5,10-11,14-15,22H,6-9H2,1H3/t10-,11-,14+,15+/m1/s1. The number of halogens is 3. The number of benzene rings is 1. The zero-order valence-electron chi connectivity index (χ0n) is 13.3. The minimum Gasteiger partial charge on any atom is -0.391 e. The fraction of sp³-hybridized carbons (Fsp3) is 0.588. The molecule has 7 heteroatoms. The molecule has 2 saturated heterocycles. The monoisotopic (exact) mass is 343 g/mol. The highest BCUT2D eigenvalue weighted by atomic mass is 19.4.